The first-order chi connectivity index (χ1) is 8.08. The van der Waals surface area contributed by atoms with E-state index in [0.717, 1.165) is 10.0 Å². The van der Waals surface area contributed by atoms with Gasteiger partial charge >= 0.3 is 0 Å². The van der Waals surface area contributed by atoms with E-state index in [-0.39, 0.29) is 15.6 Å². The Kier molecular flexibility index (Phi) is 3.86. The molecule has 0 amide bonds. The summed E-state index contributed by atoms with van der Waals surface area (Å²) in [5, 5.41) is 4.10. The number of hydrogen-bond acceptors (Lipinski definition) is 2. The van der Waals surface area contributed by atoms with Crippen molar-refractivity contribution in [2.75, 3.05) is 0 Å². The van der Waals surface area contributed by atoms with Gasteiger partial charge in [0.05, 0.1) is 17.8 Å². The molecule has 0 unspecified atom stereocenters. The third-order valence-electron chi connectivity index (χ3n) is 2.19. The summed E-state index contributed by atoms with van der Waals surface area (Å²) in [6.07, 6.45) is 1.37. The Bertz CT molecular complexity index is 595. The molecule has 1 aromatic heterocycles. The monoisotopic (exact) mass is 332 g/mol. The molecule has 88 valence electrons. The molecule has 2 rings (SSSR count). The van der Waals surface area contributed by atoms with Crippen molar-refractivity contribution in [2.24, 2.45) is 0 Å². The van der Waals surface area contributed by atoms with Crippen LogP contribution in [0.5, 0.6) is 0 Å². The Balaban J connectivity index is 2.34. The normalized spacial score (nSPS) is 10.5. The van der Waals surface area contributed by atoms with Crippen LogP contribution in [0.3, 0.4) is 0 Å². The number of benzene rings is 1. The van der Waals surface area contributed by atoms with Crippen LogP contribution in [0.15, 0.2) is 39.7 Å². The Labute approximate surface area is 116 Å². The predicted octanol–water partition coefficient (Wildman–Crippen LogP) is 3.36. The van der Waals surface area contributed by atoms with Gasteiger partial charge in [0.2, 0.25) is 0 Å². The van der Waals surface area contributed by atoms with E-state index in [1.807, 2.05) is 24.3 Å². The van der Waals surface area contributed by atoms with Gasteiger partial charge < -0.3 is 0 Å². The van der Waals surface area contributed by atoms with Crippen LogP contribution in [0, 0.1) is 0 Å². The van der Waals surface area contributed by atoms with Crippen molar-refractivity contribution in [3.05, 3.63) is 60.9 Å². The lowest BCUT2D eigenvalue weighted by molar-refractivity contribution is 0.639. The first kappa shape index (κ1) is 12.6. The SMILES string of the molecule is O=c1c(Cl)c(Cl)cnn1Cc1ccc(Br)cc1. The first-order valence-corrected chi connectivity index (χ1v) is 6.28. The third-order valence-corrected chi connectivity index (χ3v) is 3.47. The van der Waals surface area contributed by atoms with Gasteiger partial charge in [0.15, 0.2) is 0 Å². The average Bonchev–Trinajstić information content (AvgIpc) is 2.33. The van der Waals surface area contributed by atoms with Crippen LogP contribution >= 0.6 is 39.1 Å². The van der Waals surface area contributed by atoms with E-state index in [0.29, 0.717) is 6.54 Å². The van der Waals surface area contributed by atoms with Crippen molar-refractivity contribution in [1.29, 1.82) is 0 Å². The van der Waals surface area contributed by atoms with Gasteiger partial charge in [-0.05, 0) is 17.7 Å². The van der Waals surface area contributed by atoms with E-state index < -0.39 is 0 Å². The molecule has 6 heteroatoms. The fourth-order valence-corrected chi connectivity index (χ4v) is 1.86. The molecule has 0 aliphatic carbocycles. The lowest BCUT2D eigenvalue weighted by Gasteiger charge is -2.05. The predicted molar refractivity (Wildman–Crippen MR) is 71.8 cm³/mol. The molecule has 3 nitrogen and oxygen atoms in total. The highest BCUT2D eigenvalue weighted by Gasteiger charge is 2.07. The largest absolute Gasteiger partial charge is 0.287 e. The van der Waals surface area contributed by atoms with E-state index in [2.05, 4.69) is 21.0 Å². The van der Waals surface area contributed by atoms with Crippen LogP contribution in [0.25, 0.3) is 0 Å². The molecule has 0 N–H and O–H groups in total. The highest BCUT2D eigenvalue weighted by Crippen LogP contribution is 2.15. The second-order valence-corrected chi connectivity index (χ2v) is 5.10. The van der Waals surface area contributed by atoms with Gasteiger partial charge in [0.1, 0.15) is 5.02 Å². The lowest BCUT2D eigenvalue weighted by atomic mass is 10.2. The highest BCUT2D eigenvalue weighted by molar-refractivity contribution is 9.10. The van der Waals surface area contributed by atoms with Gasteiger partial charge in [-0.3, -0.25) is 4.79 Å². The smallest absolute Gasteiger partial charge is 0.266 e. The van der Waals surface area contributed by atoms with Gasteiger partial charge in [-0.2, -0.15) is 5.10 Å². The summed E-state index contributed by atoms with van der Waals surface area (Å²) in [6, 6.07) is 7.61. The summed E-state index contributed by atoms with van der Waals surface area (Å²) in [5.74, 6) is 0. The van der Waals surface area contributed by atoms with Gasteiger partial charge in [-0.15, -0.1) is 0 Å². The summed E-state index contributed by atoms with van der Waals surface area (Å²) in [5.41, 5.74) is 0.572. The zero-order valence-electron chi connectivity index (χ0n) is 8.53. The molecule has 0 saturated heterocycles. The molecule has 0 bridgehead atoms. The summed E-state index contributed by atoms with van der Waals surface area (Å²) in [7, 11) is 0. The van der Waals surface area contributed by atoms with E-state index in [1.54, 1.807) is 0 Å². The molecular formula is C11H7BrCl2N2O. The maximum atomic E-state index is 11.7. The topological polar surface area (TPSA) is 34.9 Å². The minimum atomic E-state index is -0.387. The molecule has 1 heterocycles. The first-order valence-electron chi connectivity index (χ1n) is 4.73. The minimum Gasteiger partial charge on any atom is -0.266 e. The second kappa shape index (κ2) is 5.21. The minimum absolute atomic E-state index is 0.00113. The standard InChI is InChI=1S/C11H7BrCl2N2O/c12-8-3-1-7(2-4-8)6-16-11(17)10(14)9(13)5-15-16/h1-5H,6H2. The lowest BCUT2D eigenvalue weighted by Crippen LogP contribution is -2.23. The Morgan fingerprint density at radius 2 is 1.88 bits per heavy atom. The summed E-state index contributed by atoms with van der Waals surface area (Å²) >= 11 is 14.8. The summed E-state index contributed by atoms with van der Waals surface area (Å²) in [4.78, 5) is 11.7. The Morgan fingerprint density at radius 3 is 2.53 bits per heavy atom. The van der Waals surface area contributed by atoms with Crippen LogP contribution < -0.4 is 5.56 Å². The number of hydrogen-bond donors (Lipinski definition) is 0. The Morgan fingerprint density at radius 1 is 1.24 bits per heavy atom. The second-order valence-electron chi connectivity index (χ2n) is 3.40. The quantitative estimate of drug-likeness (QED) is 0.844. The average molecular weight is 334 g/mol. The van der Waals surface area contributed by atoms with Gasteiger partial charge in [-0.1, -0.05) is 51.3 Å². The molecule has 1 aromatic carbocycles. The van der Waals surface area contributed by atoms with Crippen LogP contribution in [0.2, 0.25) is 10.0 Å². The molecular weight excluding hydrogens is 327 g/mol. The molecule has 0 radical (unpaired) electrons. The zero-order valence-corrected chi connectivity index (χ0v) is 11.6. The number of halogens is 3. The van der Waals surface area contributed by atoms with E-state index in [1.165, 1.54) is 10.9 Å². The van der Waals surface area contributed by atoms with E-state index >= 15 is 0 Å². The number of nitrogens with zero attached hydrogens (tertiary/aromatic N) is 2. The molecule has 0 spiro atoms. The molecule has 17 heavy (non-hydrogen) atoms. The van der Waals surface area contributed by atoms with Crippen molar-refractivity contribution in [3.8, 4) is 0 Å². The third kappa shape index (κ3) is 2.89. The molecule has 0 aliphatic rings. The maximum Gasteiger partial charge on any atom is 0.287 e. The van der Waals surface area contributed by atoms with Crippen molar-refractivity contribution >= 4 is 39.1 Å². The van der Waals surface area contributed by atoms with Crippen molar-refractivity contribution in [1.82, 2.24) is 9.78 Å². The number of aromatic nitrogens is 2. The maximum absolute atomic E-state index is 11.7. The molecule has 0 saturated carbocycles. The molecule has 0 fully saturated rings. The zero-order chi connectivity index (χ0) is 12.4. The van der Waals surface area contributed by atoms with E-state index in [9.17, 15) is 4.79 Å². The highest BCUT2D eigenvalue weighted by atomic mass is 79.9. The number of rotatable bonds is 2. The summed E-state index contributed by atoms with van der Waals surface area (Å²) in [6.45, 7) is 0.364. The Hall–Kier alpha value is -0.840. The van der Waals surface area contributed by atoms with Gasteiger partial charge in [-0.25, -0.2) is 4.68 Å². The van der Waals surface area contributed by atoms with Crippen molar-refractivity contribution in [3.63, 3.8) is 0 Å². The van der Waals surface area contributed by atoms with Crippen LogP contribution in [0.1, 0.15) is 5.56 Å². The van der Waals surface area contributed by atoms with Crippen LogP contribution in [-0.4, -0.2) is 9.78 Å². The van der Waals surface area contributed by atoms with Gasteiger partial charge in [0, 0.05) is 4.47 Å². The van der Waals surface area contributed by atoms with E-state index in [4.69, 9.17) is 23.2 Å². The van der Waals surface area contributed by atoms with Crippen LogP contribution in [0.4, 0.5) is 0 Å². The van der Waals surface area contributed by atoms with Crippen molar-refractivity contribution < 1.29 is 0 Å². The molecule has 0 atom stereocenters. The fourth-order valence-electron chi connectivity index (χ4n) is 1.32. The summed E-state index contributed by atoms with van der Waals surface area (Å²) < 4.78 is 2.26. The van der Waals surface area contributed by atoms with Gasteiger partial charge in [0.25, 0.3) is 5.56 Å². The van der Waals surface area contributed by atoms with Crippen molar-refractivity contribution in [2.45, 2.75) is 6.54 Å². The fraction of sp³-hybridized carbons (Fsp3) is 0.0909. The molecule has 2 aromatic rings. The molecule has 0 aliphatic heterocycles. The van der Waals surface area contributed by atoms with Crippen LogP contribution in [-0.2, 0) is 6.54 Å².